The van der Waals surface area contributed by atoms with E-state index in [1.807, 2.05) is 0 Å². The quantitative estimate of drug-likeness (QED) is 0.554. The number of hydrazine groups is 1. The zero-order chi connectivity index (χ0) is 12.5. The van der Waals surface area contributed by atoms with Crippen molar-refractivity contribution in [2.45, 2.75) is 31.7 Å². The molecule has 1 aromatic rings. The number of carbonyl (C=O) groups is 1. The summed E-state index contributed by atoms with van der Waals surface area (Å²) in [4.78, 5) is 16.2. The smallest absolute Gasteiger partial charge is 0.253 e. The number of amides is 1. The highest BCUT2D eigenvalue weighted by atomic mass is 16.1. The largest absolute Gasteiger partial charge is 0.349 e. The van der Waals surface area contributed by atoms with Crippen LogP contribution in [0.1, 0.15) is 36.0 Å². The van der Waals surface area contributed by atoms with E-state index < -0.39 is 0 Å². The fraction of sp³-hybridized carbons (Fsp3) is 0.538. The average Bonchev–Trinajstić information content (AvgIpc) is 3.01. The monoisotopic (exact) mass is 246 g/mol. The van der Waals surface area contributed by atoms with Gasteiger partial charge in [-0.2, -0.15) is 0 Å². The number of hydrogen-bond acceptors (Lipinski definition) is 4. The number of nitrogens with zero attached hydrogens (tertiary/aromatic N) is 1. The second kappa shape index (κ2) is 4.57. The van der Waals surface area contributed by atoms with Crippen LogP contribution in [-0.4, -0.2) is 16.9 Å². The number of nitrogen functional groups attached to an aromatic ring is 1. The third-order valence-corrected chi connectivity index (χ3v) is 4.28. The van der Waals surface area contributed by atoms with Crippen molar-refractivity contribution in [2.75, 3.05) is 5.43 Å². The molecule has 1 amide bonds. The minimum Gasteiger partial charge on any atom is -0.349 e. The Balaban J connectivity index is 1.71. The highest BCUT2D eigenvalue weighted by Crippen LogP contribution is 2.44. The molecule has 0 aromatic carbocycles. The van der Waals surface area contributed by atoms with Crippen molar-refractivity contribution in [2.24, 2.45) is 17.7 Å². The second-order valence-electron chi connectivity index (χ2n) is 5.32. The first-order valence-corrected chi connectivity index (χ1v) is 6.49. The predicted molar refractivity (Wildman–Crippen MR) is 68.7 cm³/mol. The van der Waals surface area contributed by atoms with Crippen LogP contribution in [0.3, 0.4) is 0 Å². The summed E-state index contributed by atoms with van der Waals surface area (Å²) in [6.45, 7) is 0. The van der Waals surface area contributed by atoms with Gasteiger partial charge < -0.3 is 10.7 Å². The lowest BCUT2D eigenvalue weighted by Crippen LogP contribution is -2.38. The van der Waals surface area contributed by atoms with Gasteiger partial charge in [-0.1, -0.05) is 6.42 Å². The van der Waals surface area contributed by atoms with E-state index in [-0.39, 0.29) is 5.91 Å². The zero-order valence-electron chi connectivity index (χ0n) is 10.2. The molecular formula is C13H18N4O. The van der Waals surface area contributed by atoms with Gasteiger partial charge in [0.15, 0.2) is 0 Å². The summed E-state index contributed by atoms with van der Waals surface area (Å²) in [7, 11) is 0. The van der Waals surface area contributed by atoms with E-state index in [9.17, 15) is 4.79 Å². The lowest BCUT2D eigenvalue weighted by molar-refractivity contribution is 0.0923. The van der Waals surface area contributed by atoms with Crippen molar-refractivity contribution in [3.8, 4) is 0 Å². The van der Waals surface area contributed by atoms with Crippen molar-refractivity contribution in [3.05, 3.63) is 24.0 Å². The summed E-state index contributed by atoms with van der Waals surface area (Å²) >= 11 is 0. The number of hydrogen-bond donors (Lipinski definition) is 3. The first-order valence-electron chi connectivity index (χ1n) is 6.49. The van der Waals surface area contributed by atoms with Crippen LogP contribution >= 0.6 is 0 Å². The lowest BCUT2D eigenvalue weighted by Gasteiger charge is -2.23. The van der Waals surface area contributed by atoms with Crippen LogP contribution in [0.15, 0.2) is 18.5 Å². The molecule has 3 rings (SSSR count). The molecule has 5 heteroatoms. The van der Waals surface area contributed by atoms with Gasteiger partial charge in [-0.3, -0.25) is 15.6 Å². The van der Waals surface area contributed by atoms with Crippen molar-refractivity contribution < 1.29 is 4.79 Å². The third-order valence-electron chi connectivity index (χ3n) is 4.28. The molecule has 2 saturated carbocycles. The van der Waals surface area contributed by atoms with Crippen LogP contribution in [0.25, 0.3) is 0 Å². The first-order chi connectivity index (χ1) is 8.78. The minimum absolute atomic E-state index is 0.0529. The zero-order valence-corrected chi connectivity index (χ0v) is 10.2. The Bertz CT molecular complexity index is 462. The molecule has 2 aliphatic carbocycles. The second-order valence-corrected chi connectivity index (χ2v) is 5.32. The molecule has 5 nitrogen and oxygen atoms in total. The molecule has 1 heterocycles. The fourth-order valence-corrected chi connectivity index (χ4v) is 3.38. The van der Waals surface area contributed by atoms with Crippen molar-refractivity contribution in [3.63, 3.8) is 0 Å². The molecule has 1 aromatic heterocycles. The van der Waals surface area contributed by atoms with Crippen LogP contribution in [0.4, 0.5) is 5.69 Å². The van der Waals surface area contributed by atoms with Crippen molar-refractivity contribution >= 4 is 11.6 Å². The lowest BCUT2D eigenvalue weighted by atomic mass is 9.95. The minimum atomic E-state index is -0.0529. The van der Waals surface area contributed by atoms with Gasteiger partial charge in [0.25, 0.3) is 5.91 Å². The highest BCUT2D eigenvalue weighted by molar-refractivity contribution is 5.99. The Morgan fingerprint density at radius 3 is 2.94 bits per heavy atom. The van der Waals surface area contributed by atoms with E-state index in [1.165, 1.54) is 19.3 Å². The summed E-state index contributed by atoms with van der Waals surface area (Å²) < 4.78 is 0. The maximum absolute atomic E-state index is 12.2. The van der Waals surface area contributed by atoms with Crippen LogP contribution in [-0.2, 0) is 0 Å². The molecule has 96 valence electrons. The molecule has 3 unspecified atom stereocenters. The normalized spacial score (nSPS) is 29.3. The number of rotatable bonds is 3. The van der Waals surface area contributed by atoms with Gasteiger partial charge >= 0.3 is 0 Å². The van der Waals surface area contributed by atoms with Gasteiger partial charge in [0.2, 0.25) is 0 Å². The van der Waals surface area contributed by atoms with Crippen molar-refractivity contribution in [1.82, 2.24) is 10.3 Å². The van der Waals surface area contributed by atoms with E-state index in [0.29, 0.717) is 23.2 Å². The van der Waals surface area contributed by atoms with Gasteiger partial charge in [0, 0.05) is 12.2 Å². The Hall–Kier alpha value is -1.62. The topological polar surface area (TPSA) is 80.0 Å². The Labute approximate surface area is 106 Å². The molecule has 0 radical (unpaired) electrons. The van der Waals surface area contributed by atoms with Gasteiger partial charge in [-0.15, -0.1) is 0 Å². The number of anilines is 1. The van der Waals surface area contributed by atoms with E-state index in [4.69, 9.17) is 5.84 Å². The molecular weight excluding hydrogens is 228 g/mol. The number of nitrogens with two attached hydrogens (primary N) is 1. The summed E-state index contributed by atoms with van der Waals surface area (Å²) in [6, 6.07) is 2.03. The summed E-state index contributed by atoms with van der Waals surface area (Å²) in [5.74, 6) is 6.83. The van der Waals surface area contributed by atoms with Gasteiger partial charge in [0.05, 0.1) is 17.4 Å². The number of aromatic nitrogens is 1. The predicted octanol–water partition coefficient (Wildman–Crippen LogP) is 1.29. The third kappa shape index (κ3) is 1.95. The summed E-state index contributed by atoms with van der Waals surface area (Å²) in [5, 5.41) is 3.14. The molecule has 0 saturated heterocycles. The summed E-state index contributed by atoms with van der Waals surface area (Å²) in [5.41, 5.74) is 3.64. The maximum atomic E-state index is 12.2. The number of nitrogens with one attached hydrogen (secondary N) is 2. The van der Waals surface area contributed by atoms with Crippen LogP contribution in [0.5, 0.6) is 0 Å². The van der Waals surface area contributed by atoms with Crippen LogP contribution in [0.2, 0.25) is 0 Å². The fourth-order valence-electron chi connectivity index (χ4n) is 3.38. The summed E-state index contributed by atoms with van der Waals surface area (Å²) in [6.07, 6.45) is 8.18. The molecule has 2 bridgehead atoms. The maximum Gasteiger partial charge on any atom is 0.253 e. The van der Waals surface area contributed by atoms with E-state index >= 15 is 0 Å². The van der Waals surface area contributed by atoms with E-state index in [2.05, 4.69) is 15.7 Å². The van der Waals surface area contributed by atoms with Crippen molar-refractivity contribution in [1.29, 1.82) is 0 Å². The molecule has 2 fully saturated rings. The van der Waals surface area contributed by atoms with Gasteiger partial charge in [-0.05, 0) is 37.2 Å². The number of carbonyl (C=O) groups excluding carboxylic acids is 1. The number of fused-ring (bicyclic) bond motifs is 2. The molecule has 0 aliphatic heterocycles. The molecule has 18 heavy (non-hydrogen) atoms. The van der Waals surface area contributed by atoms with Crippen LogP contribution in [0, 0.1) is 11.8 Å². The average molecular weight is 246 g/mol. The SMILES string of the molecule is NNc1cnccc1C(=O)NC1CC2CCC1C2. The van der Waals surface area contributed by atoms with E-state index in [1.54, 1.807) is 18.5 Å². The molecule has 4 N–H and O–H groups in total. The Kier molecular flexibility index (Phi) is 2.91. The Morgan fingerprint density at radius 2 is 2.28 bits per heavy atom. The molecule has 3 atom stereocenters. The standard InChI is InChI=1S/C13H18N4O/c14-17-12-7-15-4-3-10(12)13(18)16-11-6-8-1-2-9(11)5-8/h3-4,7-9,11,17H,1-2,5-6,14H2,(H,16,18). The van der Waals surface area contributed by atoms with Gasteiger partial charge in [-0.25, -0.2) is 0 Å². The highest BCUT2D eigenvalue weighted by Gasteiger charge is 2.40. The van der Waals surface area contributed by atoms with Crippen LogP contribution < -0.4 is 16.6 Å². The number of pyridine rings is 1. The van der Waals surface area contributed by atoms with Gasteiger partial charge in [0.1, 0.15) is 0 Å². The first kappa shape index (κ1) is 11.5. The van der Waals surface area contributed by atoms with E-state index in [0.717, 1.165) is 12.3 Å². The molecule has 0 spiro atoms. The Morgan fingerprint density at radius 1 is 1.39 bits per heavy atom. The molecule has 2 aliphatic rings.